The van der Waals surface area contributed by atoms with Gasteiger partial charge in [-0.3, -0.25) is 0 Å². The highest BCUT2D eigenvalue weighted by Gasteiger charge is 2.58. The van der Waals surface area contributed by atoms with Crippen LogP contribution in [0.4, 0.5) is 0 Å². The fourth-order valence-corrected chi connectivity index (χ4v) is 1.58. The van der Waals surface area contributed by atoms with Gasteiger partial charge in [-0.2, -0.15) is 0 Å². The molecule has 1 fully saturated rings. The van der Waals surface area contributed by atoms with Crippen molar-refractivity contribution in [1.29, 1.82) is 0 Å². The molecule has 1 nitrogen and oxygen atoms in total. The zero-order valence-electron chi connectivity index (χ0n) is 7.15. The zero-order chi connectivity index (χ0) is 7.28. The highest BCUT2D eigenvalue weighted by atomic mass is 15.2. The summed E-state index contributed by atoms with van der Waals surface area (Å²) in [5.41, 5.74) is 1.03. The maximum atomic E-state index is 2.33. The van der Waals surface area contributed by atoms with Crippen LogP contribution in [-0.2, 0) is 0 Å². The van der Waals surface area contributed by atoms with Gasteiger partial charge in [-0.25, -0.2) is 0 Å². The lowest BCUT2D eigenvalue weighted by atomic mass is 10.1. The molecule has 9 heavy (non-hydrogen) atoms. The predicted octanol–water partition coefficient (Wildman–Crippen LogP) is 1.74. The highest BCUT2D eigenvalue weighted by molar-refractivity contribution is 5.13. The van der Waals surface area contributed by atoms with E-state index in [4.69, 9.17) is 0 Å². The molecule has 0 radical (unpaired) electrons. The van der Waals surface area contributed by atoms with E-state index in [2.05, 4.69) is 39.8 Å². The fourth-order valence-electron chi connectivity index (χ4n) is 1.58. The van der Waals surface area contributed by atoms with Gasteiger partial charge in [-0.15, -0.1) is 0 Å². The molecular formula is C8H17N. The number of nitrogens with zero attached hydrogens (tertiary/aromatic N) is 1. The van der Waals surface area contributed by atoms with Gasteiger partial charge in [0.05, 0.1) is 0 Å². The summed E-state index contributed by atoms with van der Waals surface area (Å²) in [6, 6.07) is 0. The molecule has 1 aliphatic rings. The van der Waals surface area contributed by atoms with Gasteiger partial charge in [-0.05, 0) is 32.9 Å². The average molecular weight is 127 g/mol. The Bertz CT molecular complexity index is 127. The third kappa shape index (κ3) is 0.787. The van der Waals surface area contributed by atoms with Crippen molar-refractivity contribution in [2.45, 2.75) is 32.7 Å². The zero-order valence-corrected chi connectivity index (χ0v) is 7.15. The minimum absolute atomic E-state index is 0.479. The molecule has 0 spiro atoms. The van der Waals surface area contributed by atoms with Crippen LogP contribution < -0.4 is 0 Å². The summed E-state index contributed by atoms with van der Waals surface area (Å²) in [5.74, 6) is 0. The summed E-state index contributed by atoms with van der Waals surface area (Å²) < 4.78 is 0. The molecule has 1 saturated carbocycles. The molecule has 1 heteroatoms. The quantitative estimate of drug-likeness (QED) is 0.518. The third-order valence-corrected chi connectivity index (χ3v) is 3.11. The van der Waals surface area contributed by atoms with Gasteiger partial charge >= 0.3 is 0 Å². The minimum Gasteiger partial charge on any atom is -0.303 e. The van der Waals surface area contributed by atoms with Gasteiger partial charge < -0.3 is 4.90 Å². The van der Waals surface area contributed by atoms with Crippen LogP contribution in [0.1, 0.15) is 27.2 Å². The van der Waals surface area contributed by atoms with Crippen LogP contribution in [0.2, 0.25) is 0 Å². The predicted molar refractivity (Wildman–Crippen MR) is 40.5 cm³/mol. The van der Waals surface area contributed by atoms with Crippen molar-refractivity contribution in [3.8, 4) is 0 Å². The van der Waals surface area contributed by atoms with Gasteiger partial charge in [0.1, 0.15) is 0 Å². The number of rotatable bonds is 1. The second-order valence-corrected chi connectivity index (χ2v) is 4.23. The van der Waals surface area contributed by atoms with E-state index in [-0.39, 0.29) is 0 Å². The van der Waals surface area contributed by atoms with Crippen LogP contribution in [0.3, 0.4) is 0 Å². The maximum Gasteiger partial charge on any atom is 0.0232 e. The molecule has 0 amide bonds. The Morgan fingerprint density at radius 2 is 1.44 bits per heavy atom. The Kier molecular flexibility index (Phi) is 1.19. The standard InChI is InChI=1S/C8H17N/c1-7(2)6-8(7,3)9(4)5/h6H2,1-5H3. The molecule has 1 atom stereocenters. The van der Waals surface area contributed by atoms with Crippen LogP contribution in [0.25, 0.3) is 0 Å². The van der Waals surface area contributed by atoms with E-state index in [0.29, 0.717) is 11.0 Å². The summed E-state index contributed by atoms with van der Waals surface area (Å²) in [7, 11) is 4.32. The summed E-state index contributed by atoms with van der Waals surface area (Å²) >= 11 is 0. The maximum absolute atomic E-state index is 2.33. The molecule has 0 bridgehead atoms. The van der Waals surface area contributed by atoms with Gasteiger partial charge in [0.25, 0.3) is 0 Å². The highest BCUT2D eigenvalue weighted by Crippen LogP contribution is 2.57. The van der Waals surface area contributed by atoms with Gasteiger partial charge in [0, 0.05) is 5.54 Å². The normalized spacial score (nSPS) is 39.3. The molecule has 0 aliphatic heterocycles. The van der Waals surface area contributed by atoms with Gasteiger partial charge in [0.15, 0.2) is 0 Å². The molecule has 0 N–H and O–H groups in total. The Balaban J connectivity index is 2.63. The Morgan fingerprint density at radius 3 is 1.44 bits per heavy atom. The van der Waals surface area contributed by atoms with E-state index < -0.39 is 0 Å². The summed E-state index contributed by atoms with van der Waals surface area (Å²) in [6.07, 6.45) is 1.34. The van der Waals surface area contributed by atoms with Crippen molar-refractivity contribution >= 4 is 0 Å². The van der Waals surface area contributed by atoms with E-state index in [1.807, 2.05) is 0 Å². The molecule has 0 heterocycles. The van der Waals surface area contributed by atoms with Gasteiger partial charge in [0.2, 0.25) is 0 Å². The topological polar surface area (TPSA) is 3.24 Å². The van der Waals surface area contributed by atoms with E-state index in [0.717, 1.165) is 0 Å². The molecule has 1 rings (SSSR count). The largest absolute Gasteiger partial charge is 0.303 e. The molecule has 1 unspecified atom stereocenters. The number of hydrogen-bond donors (Lipinski definition) is 0. The van der Waals surface area contributed by atoms with Crippen molar-refractivity contribution in [3.63, 3.8) is 0 Å². The molecule has 54 valence electrons. The Labute approximate surface area is 58.0 Å². The summed E-state index contributed by atoms with van der Waals surface area (Å²) in [6.45, 7) is 6.98. The second kappa shape index (κ2) is 1.51. The molecular weight excluding hydrogens is 110 g/mol. The molecule has 1 aliphatic carbocycles. The lowest BCUT2D eigenvalue weighted by molar-refractivity contribution is 0.242. The SMILES string of the molecule is CN(C)C1(C)CC1(C)C. The monoisotopic (exact) mass is 127 g/mol. The summed E-state index contributed by atoms with van der Waals surface area (Å²) in [5, 5.41) is 0. The van der Waals surface area contributed by atoms with E-state index in [1.54, 1.807) is 0 Å². The Hall–Kier alpha value is -0.0400. The van der Waals surface area contributed by atoms with Crippen molar-refractivity contribution in [3.05, 3.63) is 0 Å². The van der Waals surface area contributed by atoms with Crippen molar-refractivity contribution in [1.82, 2.24) is 4.90 Å². The molecule has 0 aromatic rings. The van der Waals surface area contributed by atoms with Gasteiger partial charge in [-0.1, -0.05) is 13.8 Å². The first-order valence-electron chi connectivity index (χ1n) is 3.58. The third-order valence-electron chi connectivity index (χ3n) is 3.11. The second-order valence-electron chi connectivity index (χ2n) is 4.23. The minimum atomic E-state index is 0.479. The first kappa shape index (κ1) is 7.07. The van der Waals surface area contributed by atoms with Crippen LogP contribution in [0.5, 0.6) is 0 Å². The van der Waals surface area contributed by atoms with E-state index >= 15 is 0 Å². The molecule has 0 aromatic carbocycles. The smallest absolute Gasteiger partial charge is 0.0232 e. The lowest BCUT2D eigenvalue weighted by Gasteiger charge is -2.23. The lowest BCUT2D eigenvalue weighted by Crippen LogP contribution is -2.31. The van der Waals surface area contributed by atoms with Crippen LogP contribution >= 0.6 is 0 Å². The van der Waals surface area contributed by atoms with Crippen molar-refractivity contribution < 1.29 is 0 Å². The van der Waals surface area contributed by atoms with Crippen molar-refractivity contribution in [2.75, 3.05) is 14.1 Å². The van der Waals surface area contributed by atoms with Crippen LogP contribution in [-0.4, -0.2) is 24.5 Å². The first-order valence-corrected chi connectivity index (χ1v) is 3.58. The first-order chi connectivity index (χ1) is 3.90. The summed E-state index contributed by atoms with van der Waals surface area (Å²) in [4.78, 5) is 2.33. The van der Waals surface area contributed by atoms with Crippen LogP contribution in [0.15, 0.2) is 0 Å². The fraction of sp³-hybridized carbons (Fsp3) is 1.00. The molecule has 0 aromatic heterocycles. The van der Waals surface area contributed by atoms with Crippen molar-refractivity contribution in [2.24, 2.45) is 5.41 Å². The number of hydrogen-bond acceptors (Lipinski definition) is 1. The van der Waals surface area contributed by atoms with E-state index in [9.17, 15) is 0 Å². The molecule has 0 saturated heterocycles. The van der Waals surface area contributed by atoms with E-state index in [1.165, 1.54) is 6.42 Å². The Morgan fingerprint density at radius 1 is 1.11 bits per heavy atom. The van der Waals surface area contributed by atoms with Crippen LogP contribution in [0, 0.1) is 5.41 Å². The average Bonchev–Trinajstić information content (AvgIpc) is 2.08.